The monoisotopic (exact) mass is 246 g/mol. The summed E-state index contributed by atoms with van der Waals surface area (Å²) in [5, 5.41) is 0. The van der Waals surface area contributed by atoms with E-state index in [1.807, 2.05) is 20.8 Å². The lowest BCUT2D eigenvalue weighted by Gasteiger charge is -2.26. The summed E-state index contributed by atoms with van der Waals surface area (Å²) in [6, 6.07) is 0. The SMILES string of the molecule is CCC(C)(C)OC(=O)CC(C)CC(C)(C)C.O. The van der Waals surface area contributed by atoms with E-state index >= 15 is 0 Å². The lowest BCUT2D eigenvalue weighted by molar-refractivity contribution is -0.157. The van der Waals surface area contributed by atoms with Crippen molar-refractivity contribution < 1.29 is 15.0 Å². The predicted octanol–water partition coefficient (Wildman–Crippen LogP) is 3.36. The highest BCUT2D eigenvalue weighted by Gasteiger charge is 2.23. The van der Waals surface area contributed by atoms with Crippen LogP contribution in [0.15, 0.2) is 0 Å². The van der Waals surface area contributed by atoms with Crippen molar-refractivity contribution in [1.82, 2.24) is 0 Å². The zero-order chi connectivity index (χ0) is 13.0. The molecule has 0 aliphatic rings. The molecule has 104 valence electrons. The standard InChI is InChI=1S/C14H28O2.H2O/c1-8-14(6,7)16-12(15)9-11(2)10-13(3,4)5;/h11H,8-10H2,1-7H3;1H2. The predicted molar refractivity (Wildman–Crippen MR) is 71.9 cm³/mol. The van der Waals surface area contributed by atoms with E-state index in [2.05, 4.69) is 27.7 Å². The van der Waals surface area contributed by atoms with Crippen molar-refractivity contribution in [3.63, 3.8) is 0 Å². The molecule has 3 nitrogen and oxygen atoms in total. The molecule has 0 aromatic rings. The minimum atomic E-state index is -0.321. The van der Waals surface area contributed by atoms with E-state index in [1.54, 1.807) is 0 Å². The summed E-state index contributed by atoms with van der Waals surface area (Å²) >= 11 is 0. The number of ether oxygens (including phenoxy) is 1. The molecule has 0 aromatic carbocycles. The Morgan fingerprint density at radius 2 is 1.65 bits per heavy atom. The van der Waals surface area contributed by atoms with Gasteiger partial charge in [-0.05, 0) is 38.0 Å². The van der Waals surface area contributed by atoms with Crippen molar-refractivity contribution in [1.29, 1.82) is 0 Å². The first-order valence-corrected chi connectivity index (χ1v) is 6.27. The van der Waals surface area contributed by atoms with E-state index in [4.69, 9.17) is 4.74 Å². The quantitative estimate of drug-likeness (QED) is 0.698. The summed E-state index contributed by atoms with van der Waals surface area (Å²) in [6.45, 7) is 14.7. The highest BCUT2D eigenvalue weighted by Crippen LogP contribution is 2.26. The van der Waals surface area contributed by atoms with Gasteiger partial charge in [0, 0.05) is 6.42 Å². The Kier molecular flexibility index (Phi) is 7.73. The number of rotatable bonds is 5. The summed E-state index contributed by atoms with van der Waals surface area (Å²) in [7, 11) is 0. The molecule has 0 aromatic heterocycles. The smallest absolute Gasteiger partial charge is 0.306 e. The maximum absolute atomic E-state index is 11.7. The van der Waals surface area contributed by atoms with Gasteiger partial charge in [-0.1, -0.05) is 34.6 Å². The number of carbonyl (C=O) groups is 1. The minimum absolute atomic E-state index is 0. The second-order valence-corrected chi connectivity index (χ2v) is 6.66. The largest absolute Gasteiger partial charge is 0.460 e. The highest BCUT2D eigenvalue weighted by atomic mass is 16.6. The number of carbonyl (C=O) groups excluding carboxylic acids is 1. The molecule has 0 heterocycles. The molecule has 0 fully saturated rings. The Morgan fingerprint density at radius 3 is 2.00 bits per heavy atom. The maximum Gasteiger partial charge on any atom is 0.306 e. The topological polar surface area (TPSA) is 57.8 Å². The Balaban J connectivity index is 0. The molecule has 0 saturated carbocycles. The van der Waals surface area contributed by atoms with Crippen LogP contribution in [-0.4, -0.2) is 17.0 Å². The van der Waals surface area contributed by atoms with Crippen LogP contribution >= 0.6 is 0 Å². The van der Waals surface area contributed by atoms with Crippen LogP contribution in [-0.2, 0) is 9.53 Å². The summed E-state index contributed by atoms with van der Waals surface area (Å²) in [4.78, 5) is 11.7. The van der Waals surface area contributed by atoms with Gasteiger partial charge in [0.15, 0.2) is 0 Å². The van der Waals surface area contributed by atoms with Gasteiger partial charge in [0.2, 0.25) is 0 Å². The van der Waals surface area contributed by atoms with Crippen LogP contribution in [0.1, 0.15) is 67.7 Å². The molecule has 3 heteroatoms. The van der Waals surface area contributed by atoms with Crippen LogP contribution in [0.4, 0.5) is 0 Å². The summed E-state index contributed by atoms with van der Waals surface area (Å²) in [5.74, 6) is 0.323. The maximum atomic E-state index is 11.7. The molecule has 0 radical (unpaired) electrons. The second-order valence-electron chi connectivity index (χ2n) is 6.66. The van der Waals surface area contributed by atoms with Crippen LogP contribution in [0.25, 0.3) is 0 Å². The van der Waals surface area contributed by atoms with Crippen LogP contribution in [0, 0.1) is 11.3 Å². The fourth-order valence-corrected chi connectivity index (χ4v) is 1.82. The molecule has 1 unspecified atom stereocenters. The fraction of sp³-hybridized carbons (Fsp3) is 0.929. The van der Waals surface area contributed by atoms with Crippen LogP contribution in [0.3, 0.4) is 0 Å². The van der Waals surface area contributed by atoms with Gasteiger partial charge in [0.25, 0.3) is 0 Å². The van der Waals surface area contributed by atoms with E-state index in [-0.39, 0.29) is 22.5 Å². The number of hydrogen-bond donors (Lipinski definition) is 0. The van der Waals surface area contributed by atoms with Crippen molar-refractivity contribution in [3.8, 4) is 0 Å². The number of esters is 1. The first kappa shape index (κ1) is 18.8. The minimum Gasteiger partial charge on any atom is -0.460 e. The Hall–Kier alpha value is -0.570. The molecule has 0 aliphatic heterocycles. The fourth-order valence-electron chi connectivity index (χ4n) is 1.82. The van der Waals surface area contributed by atoms with E-state index in [1.165, 1.54) is 0 Å². The third-order valence-corrected chi connectivity index (χ3v) is 2.72. The van der Waals surface area contributed by atoms with Gasteiger partial charge in [-0.15, -0.1) is 0 Å². The van der Waals surface area contributed by atoms with E-state index < -0.39 is 0 Å². The molecule has 0 saturated heterocycles. The molecular weight excluding hydrogens is 216 g/mol. The zero-order valence-corrected chi connectivity index (χ0v) is 12.5. The second kappa shape index (κ2) is 7.00. The summed E-state index contributed by atoms with van der Waals surface area (Å²) in [5.41, 5.74) is -0.0431. The molecule has 2 N–H and O–H groups in total. The molecule has 0 aliphatic carbocycles. The molecule has 17 heavy (non-hydrogen) atoms. The average Bonchev–Trinajstić information content (AvgIpc) is 1.98. The third kappa shape index (κ3) is 10.3. The van der Waals surface area contributed by atoms with Gasteiger partial charge in [0.1, 0.15) is 5.60 Å². The summed E-state index contributed by atoms with van der Waals surface area (Å²) < 4.78 is 5.43. The van der Waals surface area contributed by atoms with Crippen molar-refractivity contribution in [2.75, 3.05) is 0 Å². The van der Waals surface area contributed by atoms with Gasteiger partial charge in [-0.25, -0.2) is 0 Å². The van der Waals surface area contributed by atoms with Gasteiger partial charge in [0.05, 0.1) is 0 Å². The van der Waals surface area contributed by atoms with Gasteiger partial charge < -0.3 is 10.2 Å². The molecule has 1 atom stereocenters. The average molecular weight is 246 g/mol. The van der Waals surface area contributed by atoms with Crippen molar-refractivity contribution in [3.05, 3.63) is 0 Å². The molecule has 0 amide bonds. The number of hydrogen-bond acceptors (Lipinski definition) is 2. The van der Waals surface area contributed by atoms with E-state index in [9.17, 15) is 4.79 Å². The Morgan fingerprint density at radius 1 is 1.18 bits per heavy atom. The van der Waals surface area contributed by atoms with E-state index in [0.717, 1.165) is 12.8 Å². The van der Waals surface area contributed by atoms with Crippen LogP contribution in [0.5, 0.6) is 0 Å². The molecular formula is C14H30O3. The normalized spacial score (nSPS) is 13.8. The van der Waals surface area contributed by atoms with Crippen molar-refractivity contribution >= 4 is 5.97 Å². The molecule has 0 rings (SSSR count). The zero-order valence-electron chi connectivity index (χ0n) is 12.5. The Labute approximate surface area is 106 Å². The van der Waals surface area contributed by atoms with Crippen LogP contribution < -0.4 is 0 Å². The van der Waals surface area contributed by atoms with E-state index in [0.29, 0.717) is 12.3 Å². The highest BCUT2D eigenvalue weighted by molar-refractivity contribution is 5.70. The molecule has 0 spiro atoms. The van der Waals surface area contributed by atoms with Gasteiger partial charge in [-0.3, -0.25) is 4.79 Å². The van der Waals surface area contributed by atoms with Gasteiger partial charge in [-0.2, -0.15) is 0 Å². The Bertz CT molecular complexity index is 226. The molecule has 0 bridgehead atoms. The van der Waals surface area contributed by atoms with Gasteiger partial charge >= 0.3 is 5.97 Å². The summed E-state index contributed by atoms with van der Waals surface area (Å²) in [6.07, 6.45) is 2.43. The lowest BCUT2D eigenvalue weighted by Crippen LogP contribution is -2.28. The van der Waals surface area contributed by atoms with Crippen molar-refractivity contribution in [2.45, 2.75) is 73.3 Å². The van der Waals surface area contributed by atoms with Crippen molar-refractivity contribution in [2.24, 2.45) is 11.3 Å². The van der Waals surface area contributed by atoms with Crippen LogP contribution in [0.2, 0.25) is 0 Å². The lowest BCUT2D eigenvalue weighted by atomic mass is 9.84. The first-order chi connectivity index (χ1) is 7.06. The third-order valence-electron chi connectivity index (χ3n) is 2.72. The first-order valence-electron chi connectivity index (χ1n) is 6.27.